The van der Waals surface area contributed by atoms with Gasteiger partial charge in [0, 0.05) is 12.6 Å². The second-order valence-corrected chi connectivity index (χ2v) is 4.82. The van der Waals surface area contributed by atoms with Gasteiger partial charge in [0.2, 0.25) is 5.91 Å². The lowest BCUT2D eigenvalue weighted by atomic mass is 10.1. The second-order valence-electron chi connectivity index (χ2n) is 4.82. The van der Waals surface area contributed by atoms with E-state index >= 15 is 0 Å². The topological polar surface area (TPSA) is 46.3 Å². The van der Waals surface area contributed by atoms with Crippen LogP contribution in [-0.4, -0.2) is 29.4 Å². The fourth-order valence-corrected chi connectivity index (χ4v) is 2.43. The van der Waals surface area contributed by atoms with Crippen LogP contribution in [-0.2, 0) is 11.2 Å². The van der Waals surface area contributed by atoms with Crippen LogP contribution in [0.4, 0.5) is 0 Å². The predicted molar refractivity (Wildman–Crippen MR) is 75.8 cm³/mol. The van der Waals surface area contributed by atoms with Gasteiger partial charge in [0.15, 0.2) is 0 Å². The van der Waals surface area contributed by atoms with E-state index in [-0.39, 0.29) is 18.3 Å². The van der Waals surface area contributed by atoms with Gasteiger partial charge in [-0.15, -0.1) is 12.4 Å². The third-order valence-electron chi connectivity index (χ3n) is 3.45. The molecule has 2 N–H and O–H groups in total. The molecule has 2 rings (SSSR count). The van der Waals surface area contributed by atoms with E-state index in [1.807, 2.05) is 35.2 Å². The van der Waals surface area contributed by atoms with Crippen molar-refractivity contribution in [1.82, 2.24) is 4.90 Å². The molecule has 0 spiro atoms. The summed E-state index contributed by atoms with van der Waals surface area (Å²) in [5, 5.41) is 0. The molecule has 0 radical (unpaired) electrons. The Morgan fingerprint density at radius 2 is 2.11 bits per heavy atom. The Kier molecular flexibility index (Phi) is 5.63. The molecule has 1 amide bonds. The monoisotopic (exact) mass is 268 g/mol. The van der Waals surface area contributed by atoms with E-state index in [0.717, 1.165) is 24.9 Å². The molecule has 18 heavy (non-hydrogen) atoms. The molecule has 1 aliphatic rings. The van der Waals surface area contributed by atoms with Crippen LogP contribution in [0.1, 0.15) is 25.3 Å². The van der Waals surface area contributed by atoms with Gasteiger partial charge >= 0.3 is 0 Å². The van der Waals surface area contributed by atoms with Crippen LogP contribution in [0, 0.1) is 0 Å². The van der Waals surface area contributed by atoms with Gasteiger partial charge in [-0.05, 0) is 31.7 Å². The van der Waals surface area contributed by atoms with E-state index in [4.69, 9.17) is 5.73 Å². The molecular formula is C14H21ClN2O. The zero-order valence-electron chi connectivity index (χ0n) is 10.7. The van der Waals surface area contributed by atoms with E-state index in [2.05, 4.69) is 6.92 Å². The molecule has 0 aliphatic carbocycles. The lowest BCUT2D eigenvalue weighted by Crippen LogP contribution is -2.46. The second kappa shape index (κ2) is 6.76. The van der Waals surface area contributed by atoms with Gasteiger partial charge < -0.3 is 10.6 Å². The molecule has 1 saturated heterocycles. The van der Waals surface area contributed by atoms with Gasteiger partial charge in [0.1, 0.15) is 0 Å². The molecule has 0 bridgehead atoms. The van der Waals surface area contributed by atoms with Crippen LogP contribution in [0.3, 0.4) is 0 Å². The van der Waals surface area contributed by atoms with Gasteiger partial charge in [0.05, 0.1) is 6.04 Å². The summed E-state index contributed by atoms with van der Waals surface area (Å²) in [7, 11) is 0. The summed E-state index contributed by atoms with van der Waals surface area (Å²) >= 11 is 0. The van der Waals surface area contributed by atoms with Crippen molar-refractivity contribution in [2.45, 2.75) is 38.3 Å². The molecule has 1 heterocycles. The largest absolute Gasteiger partial charge is 0.339 e. The van der Waals surface area contributed by atoms with E-state index in [1.54, 1.807) is 0 Å². The first-order chi connectivity index (χ1) is 8.18. The average Bonchev–Trinajstić information content (AvgIpc) is 2.76. The minimum atomic E-state index is -0.405. The number of nitrogens with zero attached hydrogens (tertiary/aromatic N) is 1. The summed E-state index contributed by atoms with van der Waals surface area (Å²) in [6.07, 6.45) is 2.83. The van der Waals surface area contributed by atoms with Gasteiger partial charge in [-0.2, -0.15) is 0 Å². The van der Waals surface area contributed by atoms with Crippen molar-refractivity contribution in [2.75, 3.05) is 6.54 Å². The molecular weight excluding hydrogens is 248 g/mol. The first kappa shape index (κ1) is 15.0. The lowest BCUT2D eigenvalue weighted by molar-refractivity contribution is -0.133. The molecule has 0 saturated carbocycles. The number of halogens is 1. The summed E-state index contributed by atoms with van der Waals surface area (Å²) in [5.74, 6) is 0.0962. The van der Waals surface area contributed by atoms with Crippen LogP contribution in [0.15, 0.2) is 30.3 Å². The van der Waals surface area contributed by atoms with Gasteiger partial charge in [-0.25, -0.2) is 0 Å². The molecule has 4 heteroatoms. The van der Waals surface area contributed by atoms with Crippen molar-refractivity contribution in [2.24, 2.45) is 5.73 Å². The lowest BCUT2D eigenvalue weighted by Gasteiger charge is -2.24. The van der Waals surface area contributed by atoms with Gasteiger partial charge in [-0.1, -0.05) is 30.3 Å². The molecule has 0 aromatic heterocycles. The van der Waals surface area contributed by atoms with Gasteiger partial charge in [-0.3, -0.25) is 4.79 Å². The molecule has 3 nitrogen and oxygen atoms in total. The maximum Gasteiger partial charge on any atom is 0.240 e. The number of carbonyl (C=O) groups excluding carboxylic acids is 1. The number of nitrogens with two attached hydrogens (primary N) is 1. The van der Waals surface area contributed by atoms with Crippen LogP contribution in [0.5, 0.6) is 0 Å². The number of rotatable bonds is 3. The van der Waals surface area contributed by atoms with Gasteiger partial charge in [0.25, 0.3) is 0 Å². The molecule has 1 fully saturated rings. The van der Waals surface area contributed by atoms with E-state index < -0.39 is 6.04 Å². The van der Waals surface area contributed by atoms with Crippen molar-refractivity contribution >= 4 is 18.3 Å². The number of benzene rings is 1. The first-order valence-electron chi connectivity index (χ1n) is 6.28. The van der Waals surface area contributed by atoms with Crippen molar-refractivity contribution in [3.8, 4) is 0 Å². The third-order valence-corrected chi connectivity index (χ3v) is 3.45. The summed E-state index contributed by atoms with van der Waals surface area (Å²) < 4.78 is 0. The maximum atomic E-state index is 12.2. The molecule has 1 aromatic rings. The number of hydrogen-bond donors (Lipinski definition) is 1. The summed E-state index contributed by atoms with van der Waals surface area (Å²) in [6, 6.07) is 9.90. The number of carbonyl (C=O) groups is 1. The molecule has 2 unspecified atom stereocenters. The Labute approximate surface area is 115 Å². The zero-order chi connectivity index (χ0) is 12.3. The number of hydrogen-bond acceptors (Lipinski definition) is 2. The van der Waals surface area contributed by atoms with E-state index in [1.165, 1.54) is 0 Å². The van der Waals surface area contributed by atoms with Crippen LogP contribution < -0.4 is 5.73 Å². The van der Waals surface area contributed by atoms with Crippen molar-refractivity contribution in [3.05, 3.63) is 35.9 Å². The highest BCUT2D eigenvalue weighted by Crippen LogP contribution is 2.17. The molecule has 100 valence electrons. The minimum Gasteiger partial charge on any atom is -0.339 e. The van der Waals surface area contributed by atoms with Crippen molar-refractivity contribution < 1.29 is 4.79 Å². The Morgan fingerprint density at radius 1 is 1.44 bits per heavy atom. The van der Waals surface area contributed by atoms with Crippen LogP contribution in [0.25, 0.3) is 0 Å². The zero-order valence-corrected chi connectivity index (χ0v) is 11.5. The highest BCUT2D eigenvalue weighted by molar-refractivity contribution is 5.85. The van der Waals surface area contributed by atoms with Crippen LogP contribution >= 0.6 is 12.4 Å². The summed E-state index contributed by atoms with van der Waals surface area (Å²) in [5.41, 5.74) is 7.13. The minimum absolute atomic E-state index is 0. The maximum absolute atomic E-state index is 12.2. The Hall–Kier alpha value is -1.06. The fourth-order valence-electron chi connectivity index (χ4n) is 2.43. The average molecular weight is 269 g/mol. The predicted octanol–water partition coefficient (Wildman–Crippen LogP) is 1.99. The summed E-state index contributed by atoms with van der Waals surface area (Å²) in [4.78, 5) is 14.1. The normalized spacial score (nSPS) is 20.3. The third kappa shape index (κ3) is 3.47. The van der Waals surface area contributed by atoms with Crippen molar-refractivity contribution in [1.29, 1.82) is 0 Å². The summed E-state index contributed by atoms with van der Waals surface area (Å²) in [6.45, 7) is 2.96. The molecule has 1 aromatic carbocycles. The Morgan fingerprint density at radius 3 is 2.67 bits per heavy atom. The quantitative estimate of drug-likeness (QED) is 0.911. The number of likely N-dealkylation sites (tertiary alicyclic amines) is 1. The van der Waals surface area contributed by atoms with E-state index in [9.17, 15) is 4.79 Å². The Balaban J connectivity index is 0.00000162. The van der Waals surface area contributed by atoms with Crippen LogP contribution in [0.2, 0.25) is 0 Å². The first-order valence-corrected chi connectivity index (χ1v) is 6.28. The fraction of sp³-hybridized carbons (Fsp3) is 0.500. The molecule has 1 aliphatic heterocycles. The van der Waals surface area contributed by atoms with Crippen molar-refractivity contribution in [3.63, 3.8) is 0 Å². The Bertz CT molecular complexity index is 383. The SMILES string of the molecule is CC1CCCN1C(=O)C(N)Cc1ccccc1.Cl. The standard InChI is InChI=1S/C14H20N2O.ClH/c1-11-6-5-9-16(11)14(17)13(15)10-12-7-3-2-4-8-12;/h2-4,7-8,11,13H,5-6,9-10,15H2,1H3;1H. The highest BCUT2D eigenvalue weighted by atomic mass is 35.5. The number of amides is 1. The highest BCUT2D eigenvalue weighted by Gasteiger charge is 2.28. The molecule has 2 atom stereocenters. The smallest absolute Gasteiger partial charge is 0.240 e. The van der Waals surface area contributed by atoms with E-state index in [0.29, 0.717) is 12.5 Å².